The van der Waals surface area contributed by atoms with Gasteiger partial charge < -0.3 is 10.6 Å². The van der Waals surface area contributed by atoms with Gasteiger partial charge in [-0.05, 0) is 55.4 Å². The maximum atomic E-state index is 3.84. The summed E-state index contributed by atoms with van der Waals surface area (Å²) in [6.45, 7) is 12.1. The standard InChI is InChI=1S/C17H34N2/c1-15(2)11-17(8-4-5-9-17)14-19-13-16(3)7-6-10-18-12-16/h15,18-19H,4-14H2,1-3H3. The quantitative estimate of drug-likeness (QED) is 0.768. The van der Waals surface area contributed by atoms with Crippen LogP contribution in [0.25, 0.3) is 0 Å². The van der Waals surface area contributed by atoms with Crippen LogP contribution >= 0.6 is 0 Å². The van der Waals surface area contributed by atoms with E-state index >= 15 is 0 Å². The van der Waals surface area contributed by atoms with E-state index in [2.05, 4.69) is 31.4 Å². The Bertz CT molecular complexity index is 260. The van der Waals surface area contributed by atoms with E-state index in [1.165, 1.54) is 71.1 Å². The van der Waals surface area contributed by atoms with Crippen LogP contribution in [-0.2, 0) is 0 Å². The smallest absolute Gasteiger partial charge is 0.00176 e. The predicted octanol–water partition coefficient (Wildman–Crippen LogP) is 3.57. The van der Waals surface area contributed by atoms with Crippen LogP contribution in [0.5, 0.6) is 0 Å². The van der Waals surface area contributed by atoms with Gasteiger partial charge in [-0.25, -0.2) is 0 Å². The average Bonchev–Trinajstić information content (AvgIpc) is 2.77. The SMILES string of the molecule is CC(C)CC1(CNCC2(C)CCCNC2)CCCC1. The maximum Gasteiger partial charge on any atom is 0.00176 e. The van der Waals surface area contributed by atoms with Crippen molar-refractivity contribution in [2.45, 2.75) is 65.7 Å². The summed E-state index contributed by atoms with van der Waals surface area (Å²) in [5.74, 6) is 0.840. The molecule has 0 radical (unpaired) electrons. The van der Waals surface area contributed by atoms with Gasteiger partial charge in [0.2, 0.25) is 0 Å². The highest BCUT2D eigenvalue weighted by Gasteiger charge is 2.35. The van der Waals surface area contributed by atoms with Crippen LogP contribution < -0.4 is 10.6 Å². The molecule has 0 bridgehead atoms. The average molecular weight is 266 g/mol. The first-order valence-electron chi connectivity index (χ1n) is 8.45. The molecule has 0 aromatic heterocycles. The van der Waals surface area contributed by atoms with Crippen LogP contribution in [0.2, 0.25) is 0 Å². The highest BCUT2D eigenvalue weighted by atomic mass is 14.9. The molecule has 0 spiro atoms. The van der Waals surface area contributed by atoms with Gasteiger partial charge in [-0.1, -0.05) is 33.6 Å². The molecule has 0 aromatic carbocycles. The molecule has 1 atom stereocenters. The number of nitrogens with one attached hydrogen (secondary N) is 2. The van der Waals surface area contributed by atoms with Crippen molar-refractivity contribution in [1.29, 1.82) is 0 Å². The van der Waals surface area contributed by atoms with Crippen molar-refractivity contribution in [2.75, 3.05) is 26.2 Å². The largest absolute Gasteiger partial charge is 0.316 e. The molecule has 2 aliphatic rings. The highest BCUT2D eigenvalue weighted by Crippen LogP contribution is 2.42. The van der Waals surface area contributed by atoms with Crippen molar-refractivity contribution in [1.82, 2.24) is 10.6 Å². The molecule has 1 saturated carbocycles. The van der Waals surface area contributed by atoms with Gasteiger partial charge >= 0.3 is 0 Å². The van der Waals surface area contributed by atoms with Crippen LogP contribution in [0.4, 0.5) is 0 Å². The van der Waals surface area contributed by atoms with E-state index in [1.54, 1.807) is 0 Å². The summed E-state index contributed by atoms with van der Waals surface area (Å²) < 4.78 is 0. The predicted molar refractivity (Wildman–Crippen MR) is 83.4 cm³/mol. The number of hydrogen-bond acceptors (Lipinski definition) is 2. The van der Waals surface area contributed by atoms with Crippen molar-refractivity contribution in [3.63, 3.8) is 0 Å². The second-order valence-corrected chi connectivity index (χ2v) is 8.00. The van der Waals surface area contributed by atoms with Gasteiger partial charge in [-0.3, -0.25) is 0 Å². The Morgan fingerprint density at radius 3 is 2.37 bits per heavy atom. The highest BCUT2D eigenvalue weighted by molar-refractivity contribution is 4.89. The van der Waals surface area contributed by atoms with E-state index in [0.717, 1.165) is 5.92 Å². The Balaban J connectivity index is 1.79. The van der Waals surface area contributed by atoms with Gasteiger partial charge in [0.25, 0.3) is 0 Å². The van der Waals surface area contributed by atoms with Gasteiger partial charge in [0, 0.05) is 19.6 Å². The van der Waals surface area contributed by atoms with Crippen LogP contribution in [0, 0.1) is 16.7 Å². The van der Waals surface area contributed by atoms with Gasteiger partial charge in [-0.2, -0.15) is 0 Å². The Morgan fingerprint density at radius 2 is 1.79 bits per heavy atom. The second kappa shape index (κ2) is 6.58. The van der Waals surface area contributed by atoms with Gasteiger partial charge in [0.05, 0.1) is 0 Å². The molecule has 0 amide bonds. The van der Waals surface area contributed by atoms with Crippen molar-refractivity contribution < 1.29 is 0 Å². The molecule has 1 aliphatic carbocycles. The topological polar surface area (TPSA) is 24.1 Å². The summed E-state index contributed by atoms with van der Waals surface area (Å²) in [6, 6.07) is 0. The molecule has 2 N–H and O–H groups in total. The fourth-order valence-corrected chi connectivity index (χ4v) is 4.34. The van der Waals surface area contributed by atoms with Crippen LogP contribution in [0.3, 0.4) is 0 Å². The molecule has 1 aliphatic heterocycles. The molecule has 1 saturated heterocycles. The lowest BCUT2D eigenvalue weighted by atomic mass is 9.77. The fraction of sp³-hybridized carbons (Fsp3) is 1.00. The fourth-order valence-electron chi connectivity index (χ4n) is 4.34. The lowest BCUT2D eigenvalue weighted by Gasteiger charge is -2.37. The molecular weight excluding hydrogens is 232 g/mol. The van der Waals surface area contributed by atoms with Crippen molar-refractivity contribution >= 4 is 0 Å². The van der Waals surface area contributed by atoms with Crippen LogP contribution in [0.15, 0.2) is 0 Å². The first-order valence-corrected chi connectivity index (χ1v) is 8.45. The summed E-state index contributed by atoms with van der Waals surface area (Å²) in [5.41, 5.74) is 1.10. The monoisotopic (exact) mass is 266 g/mol. The lowest BCUT2D eigenvalue weighted by molar-refractivity contribution is 0.185. The number of hydrogen-bond donors (Lipinski definition) is 2. The van der Waals surface area contributed by atoms with Gasteiger partial charge in [-0.15, -0.1) is 0 Å². The van der Waals surface area contributed by atoms with E-state index in [9.17, 15) is 0 Å². The zero-order chi connectivity index (χ0) is 13.8. The Hall–Kier alpha value is -0.0800. The minimum Gasteiger partial charge on any atom is -0.316 e. The maximum absolute atomic E-state index is 3.84. The van der Waals surface area contributed by atoms with E-state index in [-0.39, 0.29) is 0 Å². The second-order valence-electron chi connectivity index (χ2n) is 8.00. The third-order valence-corrected chi connectivity index (χ3v) is 5.24. The van der Waals surface area contributed by atoms with Crippen LogP contribution in [-0.4, -0.2) is 26.2 Å². The van der Waals surface area contributed by atoms with Crippen molar-refractivity contribution in [3.8, 4) is 0 Å². The van der Waals surface area contributed by atoms with Gasteiger partial charge in [0.1, 0.15) is 0 Å². The molecule has 2 nitrogen and oxygen atoms in total. The van der Waals surface area contributed by atoms with E-state index in [0.29, 0.717) is 10.8 Å². The van der Waals surface area contributed by atoms with E-state index in [4.69, 9.17) is 0 Å². The number of rotatable bonds is 6. The molecular formula is C17H34N2. The first kappa shape index (κ1) is 15.3. The molecule has 1 unspecified atom stereocenters. The third kappa shape index (κ3) is 4.46. The Kier molecular flexibility index (Phi) is 5.30. The molecule has 1 heterocycles. The summed E-state index contributed by atoms with van der Waals surface area (Å²) in [7, 11) is 0. The number of piperidine rings is 1. The molecule has 0 aromatic rings. The van der Waals surface area contributed by atoms with E-state index < -0.39 is 0 Å². The van der Waals surface area contributed by atoms with Gasteiger partial charge in [0.15, 0.2) is 0 Å². The summed E-state index contributed by atoms with van der Waals surface area (Å²) in [5, 5.41) is 7.40. The first-order chi connectivity index (χ1) is 9.04. The molecule has 2 rings (SSSR count). The molecule has 2 fully saturated rings. The molecule has 2 heteroatoms. The minimum absolute atomic E-state index is 0.482. The van der Waals surface area contributed by atoms with Crippen molar-refractivity contribution in [2.24, 2.45) is 16.7 Å². The lowest BCUT2D eigenvalue weighted by Crippen LogP contribution is -2.46. The molecule has 19 heavy (non-hydrogen) atoms. The summed E-state index contributed by atoms with van der Waals surface area (Å²) in [4.78, 5) is 0. The van der Waals surface area contributed by atoms with E-state index in [1.807, 2.05) is 0 Å². The normalized spacial score (nSPS) is 30.9. The molecule has 112 valence electrons. The van der Waals surface area contributed by atoms with Crippen molar-refractivity contribution in [3.05, 3.63) is 0 Å². The summed E-state index contributed by atoms with van der Waals surface area (Å²) >= 11 is 0. The zero-order valence-corrected chi connectivity index (χ0v) is 13.4. The zero-order valence-electron chi connectivity index (χ0n) is 13.4. The Morgan fingerprint density at radius 1 is 1.05 bits per heavy atom. The minimum atomic E-state index is 0.482. The summed E-state index contributed by atoms with van der Waals surface area (Å²) in [6.07, 6.45) is 9.94. The van der Waals surface area contributed by atoms with Crippen LogP contribution in [0.1, 0.15) is 65.7 Å². The third-order valence-electron chi connectivity index (χ3n) is 5.24. The Labute approximate surface area is 120 Å².